The van der Waals surface area contributed by atoms with Gasteiger partial charge in [0.05, 0.1) is 0 Å². The van der Waals surface area contributed by atoms with Crippen LogP contribution in [0, 0.1) is 6.92 Å². The summed E-state index contributed by atoms with van der Waals surface area (Å²) in [5.41, 5.74) is 4.51. The van der Waals surface area contributed by atoms with E-state index in [2.05, 4.69) is 37.4 Å². The normalized spacial score (nSPS) is 22.2. The highest BCUT2D eigenvalue weighted by Gasteiger charge is 2.12. The molecule has 0 aliphatic carbocycles. The first-order chi connectivity index (χ1) is 6.27. The Hall–Kier alpha value is -0.820. The Morgan fingerprint density at radius 1 is 1.38 bits per heavy atom. The molecule has 0 bridgehead atoms. The van der Waals surface area contributed by atoms with Crippen LogP contribution in [0.1, 0.15) is 30.0 Å². The molecule has 1 heteroatoms. The second-order valence-electron chi connectivity index (χ2n) is 4.03. The fourth-order valence-corrected chi connectivity index (χ4v) is 2.03. The summed E-state index contributed by atoms with van der Waals surface area (Å²) in [6.07, 6.45) is 2.49. The third-order valence-corrected chi connectivity index (χ3v) is 2.98. The van der Waals surface area contributed by atoms with E-state index in [9.17, 15) is 0 Å². The van der Waals surface area contributed by atoms with Gasteiger partial charge in [0.15, 0.2) is 0 Å². The Labute approximate surface area is 80.2 Å². The SMILES string of the molecule is Cc1cccc2c1CCC(C)NC2. The second-order valence-corrected chi connectivity index (χ2v) is 4.03. The van der Waals surface area contributed by atoms with E-state index in [1.54, 1.807) is 5.56 Å². The zero-order valence-electron chi connectivity index (χ0n) is 8.43. The van der Waals surface area contributed by atoms with Gasteiger partial charge in [0.2, 0.25) is 0 Å². The maximum absolute atomic E-state index is 3.53. The first-order valence-corrected chi connectivity index (χ1v) is 5.08. The van der Waals surface area contributed by atoms with Crippen molar-refractivity contribution in [2.75, 3.05) is 0 Å². The number of aryl methyl sites for hydroxylation is 1. The van der Waals surface area contributed by atoms with E-state index >= 15 is 0 Å². The summed E-state index contributed by atoms with van der Waals surface area (Å²) in [7, 11) is 0. The van der Waals surface area contributed by atoms with Gasteiger partial charge < -0.3 is 5.32 Å². The molecule has 0 radical (unpaired) electrons. The van der Waals surface area contributed by atoms with Crippen LogP contribution in [0.4, 0.5) is 0 Å². The van der Waals surface area contributed by atoms with Gasteiger partial charge >= 0.3 is 0 Å². The second kappa shape index (κ2) is 3.51. The molecule has 0 spiro atoms. The van der Waals surface area contributed by atoms with Gasteiger partial charge in [-0.15, -0.1) is 0 Å². The highest BCUT2D eigenvalue weighted by Crippen LogP contribution is 2.19. The lowest BCUT2D eigenvalue weighted by Crippen LogP contribution is -2.23. The average Bonchev–Trinajstić information content (AvgIpc) is 2.30. The van der Waals surface area contributed by atoms with Crippen LogP contribution in [0.3, 0.4) is 0 Å². The summed E-state index contributed by atoms with van der Waals surface area (Å²) in [5.74, 6) is 0. The van der Waals surface area contributed by atoms with Gasteiger partial charge in [0.1, 0.15) is 0 Å². The lowest BCUT2D eigenvalue weighted by atomic mass is 9.98. The molecule has 1 N–H and O–H groups in total. The minimum Gasteiger partial charge on any atom is -0.310 e. The fraction of sp³-hybridized carbons (Fsp3) is 0.500. The van der Waals surface area contributed by atoms with Crippen molar-refractivity contribution in [2.45, 2.75) is 39.3 Å². The van der Waals surface area contributed by atoms with Gasteiger partial charge in [-0.1, -0.05) is 18.2 Å². The molecule has 0 saturated heterocycles. The van der Waals surface area contributed by atoms with Gasteiger partial charge in [-0.25, -0.2) is 0 Å². The van der Waals surface area contributed by atoms with Crippen molar-refractivity contribution in [2.24, 2.45) is 0 Å². The minimum absolute atomic E-state index is 0.659. The summed E-state index contributed by atoms with van der Waals surface area (Å²) in [6.45, 7) is 5.52. The summed E-state index contributed by atoms with van der Waals surface area (Å²) in [6, 6.07) is 7.28. The molecule has 1 aliphatic rings. The highest BCUT2D eigenvalue weighted by atomic mass is 14.9. The fourth-order valence-electron chi connectivity index (χ4n) is 2.03. The lowest BCUT2D eigenvalue weighted by Gasteiger charge is -2.07. The average molecular weight is 175 g/mol. The smallest absolute Gasteiger partial charge is 0.0210 e. The molecular weight excluding hydrogens is 158 g/mol. The predicted molar refractivity (Wildman–Crippen MR) is 55.8 cm³/mol. The molecular formula is C12H17N. The van der Waals surface area contributed by atoms with Crippen molar-refractivity contribution in [3.8, 4) is 0 Å². The molecule has 1 atom stereocenters. The Morgan fingerprint density at radius 3 is 3.08 bits per heavy atom. The highest BCUT2D eigenvalue weighted by molar-refractivity contribution is 5.35. The zero-order chi connectivity index (χ0) is 9.26. The number of fused-ring (bicyclic) bond motifs is 1. The number of benzene rings is 1. The molecule has 0 saturated carbocycles. The van der Waals surface area contributed by atoms with Crippen LogP contribution >= 0.6 is 0 Å². The van der Waals surface area contributed by atoms with Crippen LogP contribution in [0.25, 0.3) is 0 Å². The van der Waals surface area contributed by atoms with Crippen LogP contribution in [0.5, 0.6) is 0 Å². The van der Waals surface area contributed by atoms with Crippen molar-refractivity contribution in [1.82, 2.24) is 5.32 Å². The lowest BCUT2D eigenvalue weighted by molar-refractivity contribution is 0.534. The molecule has 1 aromatic rings. The third-order valence-electron chi connectivity index (χ3n) is 2.98. The first-order valence-electron chi connectivity index (χ1n) is 5.08. The number of rotatable bonds is 0. The predicted octanol–water partition coefficient (Wildman–Crippen LogP) is 2.42. The van der Waals surface area contributed by atoms with Crippen molar-refractivity contribution in [3.05, 3.63) is 34.9 Å². The minimum atomic E-state index is 0.659. The van der Waals surface area contributed by atoms with E-state index in [0.717, 1.165) is 6.54 Å². The van der Waals surface area contributed by atoms with Crippen LogP contribution in [0.2, 0.25) is 0 Å². The Balaban J connectivity index is 2.35. The summed E-state index contributed by atoms with van der Waals surface area (Å²) in [4.78, 5) is 0. The molecule has 70 valence electrons. The quantitative estimate of drug-likeness (QED) is 0.638. The molecule has 1 aromatic carbocycles. The third kappa shape index (κ3) is 1.75. The molecule has 2 rings (SSSR count). The Kier molecular flexibility index (Phi) is 2.36. The van der Waals surface area contributed by atoms with Gasteiger partial charge in [-0.3, -0.25) is 0 Å². The molecule has 0 fully saturated rings. The van der Waals surface area contributed by atoms with E-state index in [4.69, 9.17) is 0 Å². The van der Waals surface area contributed by atoms with Crippen LogP contribution < -0.4 is 5.32 Å². The van der Waals surface area contributed by atoms with Crippen molar-refractivity contribution in [3.63, 3.8) is 0 Å². The molecule has 1 heterocycles. The van der Waals surface area contributed by atoms with E-state index in [1.165, 1.54) is 24.0 Å². The molecule has 1 nitrogen and oxygen atoms in total. The van der Waals surface area contributed by atoms with Gasteiger partial charge in [-0.2, -0.15) is 0 Å². The van der Waals surface area contributed by atoms with Crippen molar-refractivity contribution in [1.29, 1.82) is 0 Å². The summed E-state index contributed by atoms with van der Waals surface area (Å²) >= 11 is 0. The van der Waals surface area contributed by atoms with Crippen LogP contribution in [-0.2, 0) is 13.0 Å². The van der Waals surface area contributed by atoms with Gasteiger partial charge in [0, 0.05) is 12.6 Å². The largest absolute Gasteiger partial charge is 0.310 e. The topological polar surface area (TPSA) is 12.0 Å². The van der Waals surface area contributed by atoms with Crippen molar-refractivity contribution >= 4 is 0 Å². The van der Waals surface area contributed by atoms with E-state index < -0.39 is 0 Å². The van der Waals surface area contributed by atoms with E-state index in [1.807, 2.05) is 0 Å². The standard InChI is InChI=1S/C12H17N/c1-9-4-3-5-11-8-13-10(2)6-7-12(9)11/h3-5,10,13H,6-8H2,1-2H3. The van der Waals surface area contributed by atoms with E-state index in [0.29, 0.717) is 6.04 Å². The zero-order valence-corrected chi connectivity index (χ0v) is 8.43. The summed E-state index contributed by atoms with van der Waals surface area (Å²) in [5, 5.41) is 3.53. The molecule has 0 amide bonds. The van der Waals surface area contributed by atoms with E-state index in [-0.39, 0.29) is 0 Å². The Morgan fingerprint density at radius 2 is 2.23 bits per heavy atom. The molecule has 1 aliphatic heterocycles. The molecule has 13 heavy (non-hydrogen) atoms. The first kappa shape index (κ1) is 8.76. The number of nitrogens with one attached hydrogen (secondary N) is 1. The van der Waals surface area contributed by atoms with Crippen LogP contribution in [-0.4, -0.2) is 6.04 Å². The number of hydrogen-bond donors (Lipinski definition) is 1. The number of hydrogen-bond acceptors (Lipinski definition) is 1. The maximum Gasteiger partial charge on any atom is 0.0210 e. The van der Waals surface area contributed by atoms with Gasteiger partial charge in [-0.05, 0) is 43.4 Å². The molecule has 1 unspecified atom stereocenters. The Bertz CT molecular complexity index is 304. The maximum atomic E-state index is 3.53. The summed E-state index contributed by atoms with van der Waals surface area (Å²) < 4.78 is 0. The van der Waals surface area contributed by atoms with Crippen molar-refractivity contribution < 1.29 is 0 Å². The molecule has 0 aromatic heterocycles. The van der Waals surface area contributed by atoms with Crippen LogP contribution in [0.15, 0.2) is 18.2 Å². The monoisotopic (exact) mass is 175 g/mol. The van der Waals surface area contributed by atoms with Gasteiger partial charge in [0.25, 0.3) is 0 Å².